The van der Waals surface area contributed by atoms with Crippen LogP contribution in [0.25, 0.3) is 16.7 Å². The molecule has 0 bridgehead atoms. The van der Waals surface area contributed by atoms with Gasteiger partial charge in [0.1, 0.15) is 29.7 Å². The quantitative estimate of drug-likeness (QED) is 0.258. The summed E-state index contributed by atoms with van der Waals surface area (Å²) >= 11 is 3.54. The Kier molecular flexibility index (Phi) is 6.73. The number of aromatic nitrogens is 6. The Morgan fingerprint density at radius 3 is 2.83 bits per heavy atom. The minimum absolute atomic E-state index is 0.0326. The molecule has 3 N–H and O–H groups in total. The molecule has 0 saturated carbocycles. The van der Waals surface area contributed by atoms with Crippen molar-refractivity contribution in [1.29, 1.82) is 0 Å². The molecular weight excluding hydrogens is 589 g/mol. The SMILES string of the molecule is O=C(O)N1CCN(c2nc3c(Nc4ccc(Oc5ccn6ncnc6c5)c(F)c4)ncnc3cc2Br)C[C@H]1CO. The molecule has 1 amide bonds. The largest absolute Gasteiger partial charge is 0.465 e. The van der Waals surface area contributed by atoms with Crippen molar-refractivity contribution in [1.82, 2.24) is 34.4 Å². The second-order valence-corrected chi connectivity index (χ2v) is 9.79. The number of aliphatic hydroxyl groups is 1. The highest BCUT2D eigenvalue weighted by Crippen LogP contribution is 2.33. The van der Waals surface area contributed by atoms with Crippen molar-refractivity contribution in [2.45, 2.75) is 6.04 Å². The van der Waals surface area contributed by atoms with Crippen LogP contribution in [0.15, 0.2) is 59.7 Å². The summed E-state index contributed by atoms with van der Waals surface area (Å²) in [7, 11) is 0. The van der Waals surface area contributed by atoms with Gasteiger partial charge in [-0.25, -0.2) is 33.6 Å². The van der Waals surface area contributed by atoms with Gasteiger partial charge < -0.3 is 25.2 Å². The minimum atomic E-state index is -1.08. The third-order valence-electron chi connectivity index (χ3n) is 6.46. The van der Waals surface area contributed by atoms with Crippen molar-refractivity contribution in [2.75, 3.05) is 36.5 Å². The average molecular weight is 610 g/mol. The number of fused-ring (bicyclic) bond motifs is 2. The number of amides is 1. The highest BCUT2D eigenvalue weighted by Gasteiger charge is 2.31. The Hall–Kier alpha value is -4.63. The summed E-state index contributed by atoms with van der Waals surface area (Å²) in [5.74, 6) is 0.759. The normalized spacial score (nSPS) is 15.5. The van der Waals surface area contributed by atoms with Gasteiger partial charge in [0.2, 0.25) is 0 Å². The van der Waals surface area contributed by atoms with Crippen LogP contribution in [0.5, 0.6) is 11.5 Å². The van der Waals surface area contributed by atoms with Crippen molar-refractivity contribution in [3.05, 3.63) is 65.5 Å². The summed E-state index contributed by atoms with van der Waals surface area (Å²) < 4.78 is 22.9. The van der Waals surface area contributed by atoms with Gasteiger partial charge >= 0.3 is 6.09 Å². The van der Waals surface area contributed by atoms with Crippen LogP contribution in [0, 0.1) is 5.82 Å². The fourth-order valence-corrected chi connectivity index (χ4v) is 5.06. The number of hydrogen-bond acceptors (Lipinski definition) is 10. The van der Waals surface area contributed by atoms with Crippen LogP contribution in [0.2, 0.25) is 0 Å². The lowest BCUT2D eigenvalue weighted by atomic mass is 10.2. The summed E-state index contributed by atoms with van der Waals surface area (Å²) in [5.41, 5.74) is 1.96. The molecule has 5 heterocycles. The topological polar surface area (TPSA) is 154 Å². The molecule has 0 aliphatic carbocycles. The number of nitrogens with zero attached hydrogens (tertiary/aromatic N) is 8. The third-order valence-corrected chi connectivity index (χ3v) is 7.04. The number of nitrogens with one attached hydrogen (secondary N) is 1. The Morgan fingerprint density at radius 1 is 1.15 bits per heavy atom. The first kappa shape index (κ1) is 25.6. The Morgan fingerprint density at radius 2 is 2.02 bits per heavy atom. The van der Waals surface area contributed by atoms with E-state index in [0.29, 0.717) is 50.8 Å². The van der Waals surface area contributed by atoms with Gasteiger partial charge in [0.25, 0.3) is 0 Å². The second kappa shape index (κ2) is 10.5. The number of rotatable bonds is 6. The number of aliphatic hydroxyl groups excluding tert-OH is 1. The predicted octanol–water partition coefficient (Wildman–Crippen LogP) is 3.67. The molecule has 1 aromatic carbocycles. The van der Waals surface area contributed by atoms with Crippen LogP contribution >= 0.6 is 15.9 Å². The van der Waals surface area contributed by atoms with E-state index < -0.39 is 18.0 Å². The smallest absolute Gasteiger partial charge is 0.407 e. The lowest BCUT2D eigenvalue weighted by molar-refractivity contribution is 0.0909. The molecule has 4 aromatic heterocycles. The standard InChI is InChI=1S/C25H21BrFN9O4/c26-17-9-19-22(33-24(17)34-5-6-35(25(38)39)15(10-34)11-37)23(30-12-28-19)32-14-1-2-20(18(27)7-14)40-16-3-4-36-21(8-16)29-13-31-36/h1-4,7-9,12-13,15,37H,5-6,10-11H2,(H,38,39)(H,28,30,32)/t15-/m0/s1. The zero-order chi connectivity index (χ0) is 27.8. The molecule has 0 radical (unpaired) electrons. The maximum Gasteiger partial charge on any atom is 0.407 e. The highest BCUT2D eigenvalue weighted by atomic mass is 79.9. The third kappa shape index (κ3) is 4.91. The molecule has 1 saturated heterocycles. The van der Waals surface area contributed by atoms with Crippen molar-refractivity contribution >= 4 is 56.0 Å². The molecule has 6 rings (SSSR count). The van der Waals surface area contributed by atoms with E-state index in [1.54, 1.807) is 35.0 Å². The number of hydrogen-bond donors (Lipinski definition) is 3. The number of halogens is 2. The van der Waals surface area contributed by atoms with Gasteiger partial charge in [0.15, 0.2) is 23.0 Å². The van der Waals surface area contributed by atoms with Crippen molar-refractivity contribution in [3.63, 3.8) is 0 Å². The molecule has 5 aromatic rings. The summed E-state index contributed by atoms with van der Waals surface area (Å²) in [5, 5.41) is 26.3. The second-order valence-electron chi connectivity index (χ2n) is 8.94. The van der Waals surface area contributed by atoms with E-state index in [9.17, 15) is 19.4 Å². The molecule has 1 atom stereocenters. The number of carbonyl (C=O) groups is 1. The maximum absolute atomic E-state index is 15.0. The highest BCUT2D eigenvalue weighted by molar-refractivity contribution is 9.10. The number of benzene rings is 1. The first-order chi connectivity index (χ1) is 19.4. The van der Waals surface area contributed by atoms with E-state index in [2.05, 4.69) is 41.3 Å². The number of pyridine rings is 2. The van der Waals surface area contributed by atoms with Gasteiger partial charge in [-0.1, -0.05) is 0 Å². The average Bonchev–Trinajstić information content (AvgIpc) is 3.42. The molecule has 1 aliphatic heterocycles. The van der Waals surface area contributed by atoms with Crippen molar-refractivity contribution < 1.29 is 24.1 Å². The summed E-state index contributed by atoms with van der Waals surface area (Å²) in [6.45, 7) is 0.536. The molecular formula is C25H21BrFN9O4. The molecule has 1 fully saturated rings. The van der Waals surface area contributed by atoms with Crippen LogP contribution in [-0.4, -0.2) is 83.0 Å². The maximum atomic E-state index is 15.0. The van der Waals surface area contributed by atoms with E-state index in [1.807, 2.05) is 4.90 Å². The van der Waals surface area contributed by atoms with Crippen LogP contribution < -0.4 is 15.0 Å². The van der Waals surface area contributed by atoms with Gasteiger partial charge in [-0.15, -0.1) is 0 Å². The first-order valence-electron chi connectivity index (χ1n) is 12.1. The first-order valence-corrected chi connectivity index (χ1v) is 12.9. The molecule has 40 heavy (non-hydrogen) atoms. The van der Waals surface area contributed by atoms with Crippen molar-refractivity contribution in [2.24, 2.45) is 0 Å². The van der Waals surface area contributed by atoms with Crippen LogP contribution in [-0.2, 0) is 0 Å². The van der Waals surface area contributed by atoms with Crippen LogP contribution in [0.4, 0.5) is 26.5 Å². The number of piperazine rings is 1. The lowest BCUT2D eigenvalue weighted by Gasteiger charge is -2.40. The van der Waals surface area contributed by atoms with Gasteiger partial charge in [-0.3, -0.25) is 4.90 Å². The van der Waals surface area contributed by atoms with E-state index in [4.69, 9.17) is 9.72 Å². The minimum Gasteiger partial charge on any atom is -0.465 e. The lowest BCUT2D eigenvalue weighted by Crippen LogP contribution is -2.56. The zero-order valence-electron chi connectivity index (χ0n) is 20.6. The number of ether oxygens (including phenoxy) is 1. The Balaban J connectivity index is 1.25. The summed E-state index contributed by atoms with van der Waals surface area (Å²) in [6, 6.07) is 8.94. The summed E-state index contributed by atoms with van der Waals surface area (Å²) in [4.78, 5) is 32.1. The molecule has 0 spiro atoms. The van der Waals surface area contributed by atoms with Crippen molar-refractivity contribution in [3.8, 4) is 11.5 Å². The van der Waals surface area contributed by atoms with Gasteiger partial charge in [-0.2, -0.15) is 5.10 Å². The Bertz CT molecular complexity index is 1740. The van der Waals surface area contributed by atoms with Gasteiger partial charge in [0.05, 0.1) is 22.6 Å². The van der Waals surface area contributed by atoms with Crippen LogP contribution in [0.3, 0.4) is 0 Å². The number of anilines is 3. The molecule has 13 nitrogen and oxygen atoms in total. The van der Waals surface area contributed by atoms with Crippen LogP contribution in [0.1, 0.15) is 0 Å². The Labute approximate surface area is 234 Å². The molecule has 1 aliphatic rings. The monoisotopic (exact) mass is 609 g/mol. The van der Waals surface area contributed by atoms with Gasteiger partial charge in [0, 0.05) is 43.7 Å². The molecule has 204 valence electrons. The van der Waals surface area contributed by atoms with E-state index >= 15 is 0 Å². The fraction of sp³-hybridized carbons (Fsp3) is 0.200. The molecule has 0 unspecified atom stereocenters. The zero-order valence-corrected chi connectivity index (χ0v) is 22.2. The van der Waals surface area contributed by atoms with E-state index in [1.165, 1.54) is 29.7 Å². The predicted molar refractivity (Wildman–Crippen MR) is 146 cm³/mol. The fourth-order valence-electron chi connectivity index (χ4n) is 4.51. The van der Waals surface area contributed by atoms with E-state index in [0.717, 1.165) is 0 Å². The van der Waals surface area contributed by atoms with Gasteiger partial charge in [-0.05, 0) is 40.2 Å². The molecule has 15 heteroatoms. The number of carboxylic acid groups (broad SMARTS) is 1. The van der Waals surface area contributed by atoms with E-state index in [-0.39, 0.29) is 25.4 Å². The summed E-state index contributed by atoms with van der Waals surface area (Å²) in [6.07, 6.45) is 3.38.